The number of halogens is 4. The molecule has 260 valence electrons. The molecule has 0 aliphatic carbocycles. The summed E-state index contributed by atoms with van der Waals surface area (Å²) in [6.07, 6.45) is 2.67. The van der Waals surface area contributed by atoms with E-state index >= 15 is 4.39 Å². The average Bonchev–Trinajstić information content (AvgIpc) is 3.72. The Balaban J connectivity index is 1.49. The fraction of sp³-hybridized carbons (Fsp3) is 0.333. The van der Waals surface area contributed by atoms with E-state index in [4.69, 9.17) is 19.6 Å². The first-order valence-electron chi connectivity index (χ1n) is 16.0. The molecule has 0 unspecified atom stereocenters. The van der Waals surface area contributed by atoms with Gasteiger partial charge in [0.05, 0.1) is 42.7 Å². The zero-order valence-corrected chi connectivity index (χ0v) is 28.7. The number of hydrogen-bond acceptors (Lipinski definition) is 8. The normalized spacial score (nSPS) is 18.6. The zero-order valence-electron chi connectivity index (χ0n) is 27.8. The maximum Gasteiger partial charge on any atom is 0.302 e. The van der Waals surface area contributed by atoms with Gasteiger partial charge in [-0.05, 0) is 56.1 Å². The molecule has 6 heterocycles. The van der Waals surface area contributed by atoms with Gasteiger partial charge in [-0.2, -0.15) is 13.9 Å². The lowest BCUT2D eigenvalue weighted by Gasteiger charge is -2.38. The van der Waals surface area contributed by atoms with E-state index in [0.717, 1.165) is 17.8 Å². The maximum atomic E-state index is 16.1. The van der Waals surface area contributed by atoms with Crippen LogP contribution in [-0.2, 0) is 28.5 Å². The molecule has 50 heavy (non-hydrogen) atoms. The quantitative estimate of drug-likeness (QED) is 0.0959. The Morgan fingerprint density at radius 2 is 1.94 bits per heavy atom. The van der Waals surface area contributed by atoms with Gasteiger partial charge in [-0.1, -0.05) is 6.58 Å². The van der Waals surface area contributed by atoms with Crippen LogP contribution in [0, 0.1) is 11.6 Å². The average molecular weight is 707 g/mol. The van der Waals surface area contributed by atoms with Gasteiger partial charge < -0.3 is 14.4 Å². The minimum atomic E-state index is -3.12. The number of carbonyl (C=O) groups is 1. The van der Waals surface area contributed by atoms with Gasteiger partial charge in [-0.3, -0.25) is 19.4 Å². The number of fused-ring (bicyclic) bond motifs is 3. The number of nitrogens with zero attached hydrogens (tertiary/aromatic N) is 6. The number of pyridine rings is 2. The third-order valence-electron chi connectivity index (χ3n) is 9.16. The summed E-state index contributed by atoms with van der Waals surface area (Å²) in [5, 5.41) is 7.36. The summed E-state index contributed by atoms with van der Waals surface area (Å²) in [5.41, 5.74) is 2.73. The van der Waals surface area contributed by atoms with Crippen molar-refractivity contribution in [1.29, 1.82) is 0 Å². The third-order valence-corrected chi connectivity index (χ3v) is 10.1. The van der Waals surface area contributed by atoms with Crippen LogP contribution in [0.1, 0.15) is 36.8 Å². The summed E-state index contributed by atoms with van der Waals surface area (Å²) in [4.78, 5) is 25.4. The van der Waals surface area contributed by atoms with Gasteiger partial charge in [-0.25, -0.2) is 13.8 Å². The smallest absolute Gasteiger partial charge is 0.302 e. The number of hydrogen-bond donors (Lipinski definition) is 0. The number of methoxy groups -OCH3 is 1. The van der Waals surface area contributed by atoms with Crippen molar-refractivity contribution in [3.8, 4) is 39.5 Å². The minimum Gasteiger partial charge on any atom is -0.490 e. The van der Waals surface area contributed by atoms with E-state index in [1.165, 1.54) is 35.6 Å². The highest BCUT2D eigenvalue weighted by Crippen LogP contribution is 2.48. The molecule has 0 saturated carbocycles. The van der Waals surface area contributed by atoms with Crippen LogP contribution in [0.25, 0.3) is 43.9 Å². The first kappa shape index (κ1) is 33.8. The van der Waals surface area contributed by atoms with Crippen molar-refractivity contribution in [2.45, 2.75) is 44.9 Å². The highest BCUT2D eigenvalue weighted by atomic mass is 32.1. The molecule has 1 amide bonds. The molecule has 0 bridgehead atoms. The fourth-order valence-electron chi connectivity index (χ4n) is 7.06. The van der Waals surface area contributed by atoms with Gasteiger partial charge >= 0.3 is 5.92 Å². The Morgan fingerprint density at radius 1 is 1.14 bits per heavy atom. The summed E-state index contributed by atoms with van der Waals surface area (Å²) in [5.74, 6) is -5.06. The predicted octanol–water partition coefficient (Wildman–Crippen LogP) is 7.21. The van der Waals surface area contributed by atoms with E-state index in [9.17, 15) is 18.0 Å². The summed E-state index contributed by atoms with van der Waals surface area (Å²) in [6.45, 7) is 7.90. The molecule has 0 saturated heterocycles. The number of ether oxygens (including phenoxy) is 2. The van der Waals surface area contributed by atoms with Crippen LogP contribution in [-0.4, -0.2) is 75.4 Å². The number of carbonyl (C=O) groups excluding carboxylic acids is 1. The second-order valence-corrected chi connectivity index (χ2v) is 13.6. The lowest BCUT2D eigenvalue weighted by molar-refractivity contribution is -0.131. The number of rotatable bonds is 8. The summed E-state index contributed by atoms with van der Waals surface area (Å²) < 4.78 is 74.2. The number of alkyl halides is 2. The second kappa shape index (κ2) is 12.9. The minimum absolute atomic E-state index is 0.00955. The van der Waals surface area contributed by atoms with Gasteiger partial charge in [-0.15, -0.1) is 11.3 Å². The van der Waals surface area contributed by atoms with Crippen LogP contribution < -0.4 is 4.74 Å². The molecule has 9 nitrogen and oxygen atoms in total. The lowest BCUT2D eigenvalue weighted by Crippen LogP contribution is -2.46. The van der Waals surface area contributed by atoms with E-state index in [1.54, 1.807) is 22.7 Å². The van der Waals surface area contributed by atoms with Gasteiger partial charge in [0, 0.05) is 59.2 Å². The monoisotopic (exact) mass is 706 g/mol. The van der Waals surface area contributed by atoms with Crippen LogP contribution in [0.5, 0.6) is 5.75 Å². The lowest BCUT2D eigenvalue weighted by atomic mass is 9.95. The molecule has 0 radical (unpaired) electrons. The van der Waals surface area contributed by atoms with Crippen LogP contribution in [0.4, 0.5) is 17.6 Å². The zero-order chi connectivity index (χ0) is 35.5. The molecular weight excluding hydrogens is 672 g/mol. The summed E-state index contributed by atoms with van der Waals surface area (Å²) >= 11 is 1.32. The molecular formula is C36H34F4N6O3S. The largest absolute Gasteiger partial charge is 0.490 e. The molecule has 0 N–H and O–H groups in total. The van der Waals surface area contributed by atoms with Crippen molar-refractivity contribution >= 4 is 27.3 Å². The number of amides is 1. The van der Waals surface area contributed by atoms with Crippen LogP contribution in [0.2, 0.25) is 0 Å². The molecule has 2 aliphatic rings. The fourth-order valence-corrected chi connectivity index (χ4v) is 8.01. The van der Waals surface area contributed by atoms with Crippen LogP contribution >= 0.6 is 11.3 Å². The van der Waals surface area contributed by atoms with E-state index in [0.29, 0.717) is 44.7 Å². The molecule has 0 fully saturated rings. The summed E-state index contributed by atoms with van der Waals surface area (Å²) in [6, 6.07) is 6.64. The molecule has 1 aromatic carbocycles. The molecule has 0 spiro atoms. The number of aromatic nitrogens is 4. The Bertz CT molecular complexity index is 2150. The third kappa shape index (κ3) is 5.74. The Morgan fingerprint density at radius 3 is 2.70 bits per heavy atom. The second-order valence-electron chi connectivity index (χ2n) is 12.7. The van der Waals surface area contributed by atoms with Gasteiger partial charge in [0.2, 0.25) is 5.91 Å². The van der Waals surface area contributed by atoms with Gasteiger partial charge in [0.1, 0.15) is 41.1 Å². The highest BCUT2D eigenvalue weighted by molar-refractivity contribution is 7.18. The van der Waals surface area contributed by atoms with Crippen molar-refractivity contribution in [2.24, 2.45) is 0 Å². The topological polar surface area (TPSA) is 85.6 Å². The van der Waals surface area contributed by atoms with Crippen LogP contribution in [0.15, 0.2) is 54.6 Å². The number of thiophene rings is 1. The standard InChI is InChI=1S/C36H34F4N6O3S/c1-6-29(47)46-19(2)16-45-27(20(46)3)14-26(43-45)33-31(30-25(38)12-23(37)13-28(30)49-9-8-48-5)34-24(7-10-50-34)32(42-33)21-11-22-17-44(4)18-36(39,40)35(22)41-15-21/h6-7,10-15,19-20H,1,8-9,16-18H2,2-5H3/t19-,20+/m1/s1. The van der Waals surface area contributed by atoms with Gasteiger partial charge in [0.15, 0.2) is 0 Å². The Labute approximate surface area is 289 Å². The Kier molecular flexibility index (Phi) is 8.73. The predicted molar refractivity (Wildman–Crippen MR) is 182 cm³/mol. The van der Waals surface area contributed by atoms with Crippen molar-refractivity contribution in [1.82, 2.24) is 29.5 Å². The van der Waals surface area contributed by atoms with E-state index in [1.807, 2.05) is 31.4 Å². The van der Waals surface area contributed by atoms with Crippen molar-refractivity contribution < 1.29 is 31.8 Å². The van der Waals surface area contributed by atoms with Crippen molar-refractivity contribution in [2.75, 3.05) is 33.9 Å². The number of likely N-dealkylation sites (N-methyl/N-ethyl adjacent to an activating group) is 1. The van der Waals surface area contributed by atoms with E-state index in [-0.39, 0.29) is 60.5 Å². The first-order valence-corrected chi connectivity index (χ1v) is 16.9. The highest BCUT2D eigenvalue weighted by Gasteiger charge is 2.41. The molecule has 2 aliphatic heterocycles. The maximum absolute atomic E-state index is 16.1. The molecule has 4 aromatic heterocycles. The first-order chi connectivity index (χ1) is 23.9. The number of benzene rings is 1. The SMILES string of the molecule is C=CC(=O)N1[C@H](C)Cn2nc(-c3nc(-c4cnc5c(c4)CN(C)CC5(F)F)c4ccsc4c3-c3c(F)cc(F)cc3OCCOC)cc2[C@@H]1C. The van der Waals surface area contributed by atoms with Crippen molar-refractivity contribution in [3.05, 3.63) is 83.1 Å². The molecule has 7 rings (SSSR count). The Hall–Kier alpha value is -4.66. The van der Waals surface area contributed by atoms with E-state index in [2.05, 4.69) is 11.6 Å². The van der Waals surface area contributed by atoms with Gasteiger partial charge in [0.25, 0.3) is 0 Å². The van der Waals surface area contributed by atoms with E-state index < -0.39 is 24.1 Å². The molecule has 2 atom stereocenters. The molecule has 5 aromatic rings. The molecule has 14 heteroatoms. The summed E-state index contributed by atoms with van der Waals surface area (Å²) in [7, 11) is 3.12. The van der Waals surface area contributed by atoms with Crippen LogP contribution in [0.3, 0.4) is 0 Å². The van der Waals surface area contributed by atoms with Crippen molar-refractivity contribution in [3.63, 3.8) is 0 Å².